The second-order valence-corrected chi connectivity index (χ2v) is 7.48. The van der Waals surface area contributed by atoms with Crippen molar-refractivity contribution in [3.63, 3.8) is 0 Å². The molecule has 2 fully saturated rings. The van der Waals surface area contributed by atoms with Crippen LogP contribution in [0.3, 0.4) is 0 Å². The molecule has 1 aromatic rings. The lowest BCUT2D eigenvalue weighted by molar-refractivity contribution is 0.0168. The van der Waals surface area contributed by atoms with Crippen LogP contribution in [0.15, 0.2) is 18.2 Å². The maximum atomic E-state index is 12.7. The third-order valence-electron chi connectivity index (χ3n) is 5.42. The standard InChI is InChI=1S/C18H24ClNO2/c1-13-10-14(12-15(19)11-13)17(22)20-8-6-18(7-9-20)4-2-16(21)3-5-18/h10-12,16,21H,2-9H2,1H3. The number of piperidine rings is 1. The van der Waals surface area contributed by atoms with E-state index in [1.54, 1.807) is 6.07 Å². The monoisotopic (exact) mass is 321 g/mol. The molecule has 1 amide bonds. The van der Waals surface area contributed by atoms with Crippen LogP contribution >= 0.6 is 11.6 Å². The van der Waals surface area contributed by atoms with Crippen LogP contribution in [0.25, 0.3) is 0 Å². The zero-order valence-electron chi connectivity index (χ0n) is 13.1. The first kappa shape index (κ1) is 15.8. The number of halogens is 1. The maximum Gasteiger partial charge on any atom is 0.253 e. The Bertz CT molecular complexity index is 534. The summed E-state index contributed by atoms with van der Waals surface area (Å²) in [4.78, 5) is 14.6. The Morgan fingerprint density at radius 2 is 1.82 bits per heavy atom. The van der Waals surface area contributed by atoms with E-state index in [-0.39, 0.29) is 12.0 Å². The predicted octanol–water partition coefficient (Wildman–Crippen LogP) is 3.81. The number of aliphatic hydroxyl groups excluding tert-OH is 1. The molecule has 4 heteroatoms. The lowest BCUT2D eigenvalue weighted by atomic mass is 9.67. The van der Waals surface area contributed by atoms with Gasteiger partial charge in [0, 0.05) is 23.7 Å². The summed E-state index contributed by atoms with van der Waals surface area (Å²) in [5, 5.41) is 10.3. The van der Waals surface area contributed by atoms with Gasteiger partial charge in [-0.2, -0.15) is 0 Å². The fraction of sp³-hybridized carbons (Fsp3) is 0.611. The molecule has 1 spiro atoms. The minimum Gasteiger partial charge on any atom is -0.393 e. The Hall–Kier alpha value is -1.06. The average molecular weight is 322 g/mol. The minimum absolute atomic E-state index is 0.0938. The Labute approximate surface area is 137 Å². The van der Waals surface area contributed by atoms with Crippen molar-refractivity contribution in [2.75, 3.05) is 13.1 Å². The highest BCUT2D eigenvalue weighted by molar-refractivity contribution is 6.31. The summed E-state index contributed by atoms with van der Waals surface area (Å²) in [5.74, 6) is 0.0938. The Morgan fingerprint density at radius 1 is 1.18 bits per heavy atom. The van der Waals surface area contributed by atoms with Gasteiger partial charge in [0.2, 0.25) is 0 Å². The minimum atomic E-state index is -0.111. The van der Waals surface area contributed by atoms with Crippen LogP contribution in [-0.4, -0.2) is 35.1 Å². The van der Waals surface area contributed by atoms with Gasteiger partial charge in [-0.3, -0.25) is 4.79 Å². The molecule has 3 rings (SSSR count). The smallest absolute Gasteiger partial charge is 0.253 e. The van der Waals surface area contributed by atoms with Gasteiger partial charge >= 0.3 is 0 Å². The summed E-state index contributed by atoms with van der Waals surface area (Å²) < 4.78 is 0. The van der Waals surface area contributed by atoms with Gasteiger partial charge in [-0.05, 0) is 74.6 Å². The predicted molar refractivity (Wildman–Crippen MR) is 88.2 cm³/mol. The molecular formula is C18H24ClNO2. The average Bonchev–Trinajstić information content (AvgIpc) is 2.50. The molecule has 1 heterocycles. The third-order valence-corrected chi connectivity index (χ3v) is 5.63. The molecule has 0 bridgehead atoms. The highest BCUT2D eigenvalue weighted by Crippen LogP contribution is 2.44. The van der Waals surface area contributed by atoms with Crippen molar-refractivity contribution in [1.82, 2.24) is 4.90 Å². The molecule has 0 radical (unpaired) electrons. The summed E-state index contributed by atoms with van der Waals surface area (Å²) in [6.45, 7) is 3.60. The molecule has 3 nitrogen and oxygen atoms in total. The summed E-state index contributed by atoms with van der Waals surface area (Å²) in [7, 11) is 0. The van der Waals surface area contributed by atoms with Crippen molar-refractivity contribution >= 4 is 17.5 Å². The zero-order chi connectivity index (χ0) is 15.7. The molecule has 1 aliphatic carbocycles. The van der Waals surface area contributed by atoms with E-state index in [9.17, 15) is 9.90 Å². The molecule has 2 aliphatic rings. The van der Waals surface area contributed by atoms with Crippen LogP contribution in [0.4, 0.5) is 0 Å². The van der Waals surface area contributed by atoms with E-state index in [0.29, 0.717) is 16.0 Å². The van der Waals surface area contributed by atoms with E-state index in [1.165, 1.54) is 0 Å². The SMILES string of the molecule is Cc1cc(Cl)cc(C(=O)N2CCC3(CCC(O)CC3)CC2)c1. The topological polar surface area (TPSA) is 40.5 Å². The van der Waals surface area contributed by atoms with E-state index < -0.39 is 0 Å². The van der Waals surface area contributed by atoms with Crippen LogP contribution in [0.5, 0.6) is 0 Å². The number of rotatable bonds is 1. The van der Waals surface area contributed by atoms with Gasteiger partial charge in [0.05, 0.1) is 6.10 Å². The number of benzene rings is 1. The van der Waals surface area contributed by atoms with Crippen LogP contribution in [0, 0.1) is 12.3 Å². The van der Waals surface area contributed by atoms with E-state index >= 15 is 0 Å². The summed E-state index contributed by atoms with van der Waals surface area (Å²) >= 11 is 6.07. The number of aryl methyl sites for hydroxylation is 1. The van der Waals surface area contributed by atoms with Crippen molar-refractivity contribution in [2.24, 2.45) is 5.41 Å². The zero-order valence-corrected chi connectivity index (χ0v) is 13.9. The van der Waals surface area contributed by atoms with Crippen molar-refractivity contribution in [2.45, 2.75) is 51.6 Å². The van der Waals surface area contributed by atoms with Gasteiger partial charge < -0.3 is 10.0 Å². The number of carbonyl (C=O) groups is 1. The highest BCUT2D eigenvalue weighted by Gasteiger charge is 2.38. The molecular weight excluding hydrogens is 298 g/mol. The molecule has 0 unspecified atom stereocenters. The lowest BCUT2D eigenvalue weighted by Gasteiger charge is -2.45. The number of hydrogen-bond acceptors (Lipinski definition) is 2. The van der Waals surface area contributed by atoms with Gasteiger partial charge in [0.25, 0.3) is 5.91 Å². The molecule has 0 aromatic heterocycles. The van der Waals surface area contributed by atoms with Crippen molar-refractivity contribution in [1.29, 1.82) is 0 Å². The lowest BCUT2D eigenvalue weighted by Crippen LogP contribution is -2.45. The van der Waals surface area contributed by atoms with Gasteiger partial charge in [-0.15, -0.1) is 0 Å². The maximum absolute atomic E-state index is 12.7. The highest BCUT2D eigenvalue weighted by atomic mass is 35.5. The molecule has 1 saturated heterocycles. The van der Waals surface area contributed by atoms with Crippen LogP contribution < -0.4 is 0 Å². The second kappa shape index (κ2) is 6.21. The fourth-order valence-corrected chi connectivity index (χ4v) is 4.23. The molecule has 120 valence electrons. The summed E-state index contributed by atoms with van der Waals surface area (Å²) in [5.41, 5.74) is 2.07. The summed E-state index contributed by atoms with van der Waals surface area (Å²) in [6.07, 6.45) is 6.05. The number of carbonyl (C=O) groups excluding carboxylic acids is 1. The van der Waals surface area contributed by atoms with Crippen molar-refractivity contribution < 1.29 is 9.90 Å². The van der Waals surface area contributed by atoms with Crippen molar-refractivity contribution in [3.05, 3.63) is 34.3 Å². The Morgan fingerprint density at radius 3 is 2.41 bits per heavy atom. The molecule has 1 aromatic carbocycles. The van der Waals surface area contributed by atoms with Gasteiger partial charge in [-0.1, -0.05) is 11.6 Å². The normalized spacial score (nSPS) is 22.0. The third kappa shape index (κ3) is 3.31. The van der Waals surface area contributed by atoms with Gasteiger partial charge in [0.1, 0.15) is 0 Å². The van der Waals surface area contributed by atoms with Gasteiger partial charge in [0.15, 0.2) is 0 Å². The number of hydrogen-bond donors (Lipinski definition) is 1. The molecule has 1 aliphatic heterocycles. The fourth-order valence-electron chi connectivity index (χ4n) is 3.94. The number of likely N-dealkylation sites (tertiary alicyclic amines) is 1. The van der Waals surface area contributed by atoms with E-state index in [1.807, 2.05) is 24.0 Å². The number of aliphatic hydroxyl groups is 1. The first-order valence-electron chi connectivity index (χ1n) is 8.22. The second-order valence-electron chi connectivity index (χ2n) is 7.04. The summed E-state index contributed by atoms with van der Waals surface area (Å²) in [6, 6.07) is 5.55. The van der Waals surface area contributed by atoms with E-state index in [4.69, 9.17) is 11.6 Å². The first-order valence-corrected chi connectivity index (χ1v) is 8.60. The van der Waals surface area contributed by atoms with Crippen molar-refractivity contribution in [3.8, 4) is 0 Å². The first-order chi connectivity index (χ1) is 10.5. The Balaban J connectivity index is 1.64. The molecule has 0 atom stereocenters. The number of amides is 1. The van der Waals surface area contributed by atoms with E-state index in [0.717, 1.165) is 57.2 Å². The molecule has 22 heavy (non-hydrogen) atoms. The largest absolute Gasteiger partial charge is 0.393 e. The van der Waals surface area contributed by atoms with Crippen LogP contribution in [0.1, 0.15) is 54.4 Å². The quantitative estimate of drug-likeness (QED) is 0.854. The van der Waals surface area contributed by atoms with E-state index in [2.05, 4.69) is 0 Å². The van der Waals surface area contributed by atoms with Crippen LogP contribution in [-0.2, 0) is 0 Å². The Kier molecular flexibility index (Phi) is 4.47. The molecule has 1 saturated carbocycles. The van der Waals surface area contributed by atoms with Crippen LogP contribution in [0.2, 0.25) is 5.02 Å². The molecule has 1 N–H and O–H groups in total. The van der Waals surface area contributed by atoms with Gasteiger partial charge in [-0.25, -0.2) is 0 Å². The number of nitrogens with zero attached hydrogens (tertiary/aromatic N) is 1.